The standard InChI is InChI=1S/C12H24O/c1-4-7-11(8-5-2)10-12(13)9-6-3/h11H,4-10H2,1-3H3. The highest BCUT2D eigenvalue weighted by Gasteiger charge is 2.11. The van der Waals surface area contributed by atoms with Gasteiger partial charge >= 0.3 is 0 Å². The number of rotatable bonds is 8. The Hall–Kier alpha value is -0.330. The molecule has 0 aliphatic carbocycles. The van der Waals surface area contributed by atoms with Gasteiger partial charge in [-0.1, -0.05) is 46.5 Å². The van der Waals surface area contributed by atoms with Gasteiger partial charge in [-0.25, -0.2) is 0 Å². The Kier molecular flexibility index (Phi) is 8.07. The maximum Gasteiger partial charge on any atom is 0.133 e. The van der Waals surface area contributed by atoms with E-state index in [1.807, 2.05) is 0 Å². The van der Waals surface area contributed by atoms with Crippen LogP contribution in [0.3, 0.4) is 0 Å². The van der Waals surface area contributed by atoms with Gasteiger partial charge < -0.3 is 0 Å². The second-order valence-electron chi connectivity index (χ2n) is 3.94. The number of carbonyl (C=O) groups excluding carboxylic acids is 1. The smallest absolute Gasteiger partial charge is 0.133 e. The van der Waals surface area contributed by atoms with Crippen molar-refractivity contribution >= 4 is 5.78 Å². The summed E-state index contributed by atoms with van der Waals surface area (Å²) in [5, 5.41) is 0. The fraction of sp³-hybridized carbons (Fsp3) is 0.917. The van der Waals surface area contributed by atoms with Crippen LogP contribution in [0.1, 0.15) is 65.7 Å². The highest BCUT2D eigenvalue weighted by molar-refractivity contribution is 5.78. The molecule has 0 fully saturated rings. The Bertz CT molecular complexity index is 123. The third-order valence-corrected chi connectivity index (χ3v) is 2.44. The molecule has 0 saturated carbocycles. The van der Waals surface area contributed by atoms with Crippen LogP contribution in [-0.2, 0) is 4.79 Å². The Morgan fingerprint density at radius 2 is 1.54 bits per heavy atom. The first-order chi connectivity index (χ1) is 6.24. The summed E-state index contributed by atoms with van der Waals surface area (Å²) in [6.07, 6.45) is 7.49. The van der Waals surface area contributed by atoms with Crippen LogP contribution in [0.15, 0.2) is 0 Å². The maximum absolute atomic E-state index is 11.4. The van der Waals surface area contributed by atoms with Crippen molar-refractivity contribution in [1.82, 2.24) is 0 Å². The molecule has 1 nitrogen and oxygen atoms in total. The van der Waals surface area contributed by atoms with Crippen molar-refractivity contribution in [2.24, 2.45) is 5.92 Å². The lowest BCUT2D eigenvalue weighted by Gasteiger charge is -2.13. The molecule has 0 aliphatic heterocycles. The molecule has 78 valence electrons. The minimum absolute atomic E-state index is 0.467. The molecule has 0 spiro atoms. The molecule has 1 heteroatoms. The highest BCUT2D eigenvalue weighted by Crippen LogP contribution is 2.18. The Morgan fingerprint density at radius 1 is 1.00 bits per heavy atom. The lowest BCUT2D eigenvalue weighted by atomic mass is 9.92. The van der Waals surface area contributed by atoms with Gasteiger partial charge in [-0.2, -0.15) is 0 Å². The summed E-state index contributed by atoms with van der Waals surface area (Å²) in [5.74, 6) is 1.13. The second-order valence-corrected chi connectivity index (χ2v) is 3.94. The summed E-state index contributed by atoms with van der Waals surface area (Å²) < 4.78 is 0. The fourth-order valence-corrected chi connectivity index (χ4v) is 1.87. The molecule has 0 saturated heterocycles. The topological polar surface area (TPSA) is 17.1 Å². The first-order valence-electron chi connectivity index (χ1n) is 5.76. The van der Waals surface area contributed by atoms with Gasteiger partial charge in [0.15, 0.2) is 0 Å². The van der Waals surface area contributed by atoms with E-state index in [9.17, 15) is 4.79 Å². The second kappa shape index (κ2) is 8.28. The van der Waals surface area contributed by atoms with Gasteiger partial charge in [0.25, 0.3) is 0 Å². The molecule has 0 rings (SSSR count). The van der Waals surface area contributed by atoms with E-state index in [1.165, 1.54) is 25.7 Å². The molecule has 0 heterocycles. The van der Waals surface area contributed by atoms with Crippen LogP contribution >= 0.6 is 0 Å². The van der Waals surface area contributed by atoms with Gasteiger partial charge in [-0.05, 0) is 12.3 Å². The van der Waals surface area contributed by atoms with Crippen LogP contribution in [0.5, 0.6) is 0 Å². The van der Waals surface area contributed by atoms with E-state index < -0.39 is 0 Å². The number of hydrogen-bond donors (Lipinski definition) is 0. The Balaban J connectivity index is 3.71. The first-order valence-corrected chi connectivity index (χ1v) is 5.76. The van der Waals surface area contributed by atoms with Crippen LogP contribution in [0.4, 0.5) is 0 Å². The van der Waals surface area contributed by atoms with Crippen LogP contribution in [-0.4, -0.2) is 5.78 Å². The summed E-state index contributed by atoms with van der Waals surface area (Å²) >= 11 is 0. The third kappa shape index (κ3) is 6.80. The molecule has 0 amide bonds. The van der Waals surface area contributed by atoms with Crippen molar-refractivity contribution in [2.75, 3.05) is 0 Å². The molecule has 0 radical (unpaired) electrons. The van der Waals surface area contributed by atoms with E-state index in [1.54, 1.807) is 0 Å². The van der Waals surface area contributed by atoms with Crippen LogP contribution in [0, 0.1) is 5.92 Å². The molecule has 13 heavy (non-hydrogen) atoms. The highest BCUT2D eigenvalue weighted by atomic mass is 16.1. The van der Waals surface area contributed by atoms with Gasteiger partial charge in [-0.3, -0.25) is 4.79 Å². The molecule has 0 N–H and O–H groups in total. The van der Waals surface area contributed by atoms with E-state index in [0.717, 1.165) is 19.3 Å². The van der Waals surface area contributed by atoms with Crippen molar-refractivity contribution in [3.8, 4) is 0 Å². The molecule has 0 bridgehead atoms. The monoisotopic (exact) mass is 184 g/mol. The van der Waals surface area contributed by atoms with E-state index >= 15 is 0 Å². The number of carbonyl (C=O) groups is 1. The number of Topliss-reactive ketones (excluding diaryl/α,β-unsaturated/α-hetero) is 1. The molecule has 0 aromatic carbocycles. The quantitative estimate of drug-likeness (QED) is 0.558. The first kappa shape index (κ1) is 12.7. The van der Waals surface area contributed by atoms with Gasteiger partial charge in [-0.15, -0.1) is 0 Å². The van der Waals surface area contributed by atoms with Crippen molar-refractivity contribution in [1.29, 1.82) is 0 Å². The molecule has 0 aromatic rings. The van der Waals surface area contributed by atoms with E-state index in [-0.39, 0.29) is 0 Å². The van der Waals surface area contributed by atoms with Crippen molar-refractivity contribution in [3.05, 3.63) is 0 Å². The minimum Gasteiger partial charge on any atom is -0.300 e. The van der Waals surface area contributed by atoms with Crippen molar-refractivity contribution in [3.63, 3.8) is 0 Å². The molecule has 0 aromatic heterocycles. The van der Waals surface area contributed by atoms with Crippen LogP contribution in [0.25, 0.3) is 0 Å². The molecule has 0 unspecified atom stereocenters. The van der Waals surface area contributed by atoms with E-state index in [4.69, 9.17) is 0 Å². The van der Waals surface area contributed by atoms with E-state index in [0.29, 0.717) is 11.7 Å². The normalized spacial score (nSPS) is 10.8. The molecule has 0 aliphatic rings. The largest absolute Gasteiger partial charge is 0.300 e. The van der Waals surface area contributed by atoms with Gasteiger partial charge in [0, 0.05) is 12.8 Å². The maximum atomic E-state index is 11.4. The van der Waals surface area contributed by atoms with Crippen LogP contribution < -0.4 is 0 Å². The molecular formula is C12H24O. The minimum atomic E-state index is 0.467. The summed E-state index contributed by atoms with van der Waals surface area (Å²) in [6.45, 7) is 6.48. The van der Waals surface area contributed by atoms with Crippen molar-refractivity contribution < 1.29 is 4.79 Å². The number of hydrogen-bond acceptors (Lipinski definition) is 1. The van der Waals surface area contributed by atoms with Gasteiger partial charge in [0.1, 0.15) is 5.78 Å². The summed E-state index contributed by atoms with van der Waals surface area (Å²) in [4.78, 5) is 11.4. The van der Waals surface area contributed by atoms with Crippen molar-refractivity contribution in [2.45, 2.75) is 65.7 Å². The van der Waals surface area contributed by atoms with Gasteiger partial charge in [0.05, 0.1) is 0 Å². The summed E-state index contributed by atoms with van der Waals surface area (Å²) in [7, 11) is 0. The zero-order valence-corrected chi connectivity index (χ0v) is 9.44. The zero-order valence-electron chi connectivity index (χ0n) is 9.44. The van der Waals surface area contributed by atoms with E-state index in [2.05, 4.69) is 20.8 Å². The lowest BCUT2D eigenvalue weighted by molar-refractivity contribution is -0.120. The predicted molar refractivity (Wildman–Crippen MR) is 57.8 cm³/mol. The Labute approximate surface area is 82.9 Å². The Morgan fingerprint density at radius 3 is 1.92 bits per heavy atom. The molecule has 0 atom stereocenters. The molecular weight excluding hydrogens is 160 g/mol. The third-order valence-electron chi connectivity index (χ3n) is 2.44. The average molecular weight is 184 g/mol. The lowest BCUT2D eigenvalue weighted by Crippen LogP contribution is -2.08. The average Bonchev–Trinajstić information content (AvgIpc) is 2.05. The fourth-order valence-electron chi connectivity index (χ4n) is 1.87. The van der Waals surface area contributed by atoms with Gasteiger partial charge in [0.2, 0.25) is 0 Å². The summed E-state index contributed by atoms with van der Waals surface area (Å²) in [5.41, 5.74) is 0. The summed E-state index contributed by atoms with van der Waals surface area (Å²) in [6, 6.07) is 0. The number of ketones is 1. The SMILES string of the molecule is CCCC(=O)CC(CCC)CCC. The zero-order chi connectivity index (χ0) is 10.1. The van der Waals surface area contributed by atoms with Crippen LogP contribution in [0.2, 0.25) is 0 Å². The predicted octanol–water partition coefficient (Wildman–Crippen LogP) is 3.96.